The Bertz CT molecular complexity index is 2050. The standard InChI is InChI=1S/C19H17N3O5.C18H17N3O2/c1-27-16-6-2-12(3-7-16)11-21-17(23)19(20-18(21)24)9-13-4-5-15(22(25)26)8-14(13)10-19;19-15-7-6-13-9-18(10-14(13)8-15)16(22)20-17(23)21(18)11-12-4-2-1-3-5-12/h2-8H,9-11H2,1H3,(H,20,24);1-8H,9-11,19H2,(H,20,22,23). The van der Waals surface area contributed by atoms with Crippen LogP contribution in [0.15, 0.2) is 91.0 Å². The van der Waals surface area contributed by atoms with E-state index in [0.717, 1.165) is 33.4 Å². The molecule has 2 unspecified atom stereocenters. The molecule has 50 heavy (non-hydrogen) atoms. The highest BCUT2D eigenvalue weighted by Crippen LogP contribution is 2.40. The summed E-state index contributed by atoms with van der Waals surface area (Å²) in [6, 6.07) is 26.4. The summed E-state index contributed by atoms with van der Waals surface area (Å²) >= 11 is 0. The lowest BCUT2D eigenvalue weighted by molar-refractivity contribution is -0.384. The smallest absolute Gasteiger partial charge is 0.325 e. The molecule has 4 aromatic carbocycles. The second kappa shape index (κ2) is 12.3. The number of ether oxygens (including phenoxy) is 1. The Kier molecular flexibility index (Phi) is 7.97. The summed E-state index contributed by atoms with van der Waals surface area (Å²) in [7, 11) is 1.57. The zero-order valence-corrected chi connectivity index (χ0v) is 27.2. The number of urea groups is 2. The molecule has 2 atom stereocenters. The summed E-state index contributed by atoms with van der Waals surface area (Å²) in [6.45, 7) is 0.578. The number of carbonyl (C=O) groups is 4. The lowest BCUT2D eigenvalue weighted by Gasteiger charge is -2.31. The summed E-state index contributed by atoms with van der Waals surface area (Å²) in [5, 5.41) is 16.3. The van der Waals surface area contributed by atoms with Crippen molar-refractivity contribution in [2.75, 3.05) is 12.8 Å². The summed E-state index contributed by atoms with van der Waals surface area (Å²) in [5.74, 6) is 0.177. The molecule has 0 aromatic heterocycles. The van der Waals surface area contributed by atoms with Gasteiger partial charge in [-0.15, -0.1) is 0 Å². The number of nitro groups is 1. The second-order valence-electron chi connectivity index (χ2n) is 13.1. The number of rotatable bonds is 6. The third-order valence-corrected chi connectivity index (χ3v) is 9.92. The van der Waals surface area contributed by atoms with Crippen LogP contribution in [-0.4, -0.2) is 56.8 Å². The lowest BCUT2D eigenvalue weighted by Crippen LogP contribution is -2.50. The molecule has 0 bridgehead atoms. The number of anilines is 1. The third-order valence-electron chi connectivity index (χ3n) is 9.92. The Balaban J connectivity index is 0.000000159. The highest BCUT2D eigenvalue weighted by Gasteiger charge is 2.56. The maximum absolute atomic E-state index is 13.0. The largest absolute Gasteiger partial charge is 0.497 e. The molecule has 4 aromatic rings. The van der Waals surface area contributed by atoms with Crippen molar-refractivity contribution in [1.29, 1.82) is 0 Å². The molecule has 13 heteroatoms. The minimum absolute atomic E-state index is 0.0161. The van der Waals surface area contributed by atoms with E-state index < -0.39 is 22.0 Å². The summed E-state index contributed by atoms with van der Waals surface area (Å²) in [6.07, 6.45) is 1.64. The van der Waals surface area contributed by atoms with Crippen LogP contribution in [0.25, 0.3) is 0 Å². The molecule has 2 aliphatic heterocycles. The average Bonchev–Trinajstić information content (AvgIpc) is 3.80. The van der Waals surface area contributed by atoms with Crippen LogP contribution in [0.4, 0.5) is 21.0 Å². The van der Waals surface area contributed by atoms with Crippen LogP contribution in [0.2, 0.25) is 0 Å². The van der Waals surface area contributed by atoms with Crippen molar-refractivity contribution in [3.05, 3.63) is 134 Å². The highest BCUT2D eigenvalue weighted by atomic mass is 16.6. The van der Waals surface area contributed by atoms with E-state index in [1.165, 1.54) is 17.0 Å². The molecule has 2 saturated heterocycles. The Hall–Kier alpha value is -6.24. The maximum atomic E-state index is 13.0. The minimum atomic E-state index is -1.05. The summed E-state index contributed by atoms with van der Waals surface area (Å²) in [5.41, 5.74) is 10.2. The van der Waals surface area contributed by atoms with Gasteiger partial charge >= 0.3 is 12.1 Å². The van der Waals surface area contributed by atoms with Crippen molar-refractivity contribution in [2.45, 2.75) is 49.9 Å². The van der Waals surface area contributed by atoms with Crippen LogP contribution >= 0.6 is 0 Å². The van der Waals surface area contributed by atoms with Gasteiger partial charge in [0.25, 0.3) is 17.5 Å². The van der Waals surface area contributed by atoms with Crippen molar-refractivity contribution >= 4 is 35.3 Å². The Morgan fingerprint density at radius 3 is 2.14 bits per heavy atom. The van der Waals surface area contributed by atoms with Gasteiger partial charge in [-0.2, -0.15) is 0 Å². The molecule has 4 N–H and O–H groups in total. The van der Waals surface area contributed by atoms with Crippen molar-refractivity contribution < 1.29 is 28.8 Å². The first-order chi connectivity index (χ1) is 24.0. The van der Waals surface area contributed by atoms with Gasteiger partial charge in [0.2, 0.25) is 0 Å². The number of fused-ring (bicyclic) bond motifs is 2. The predicted molar refractivity (Wildman–Crippen MR) is 182 cm³/mol. The summed E-state index contributed by atoms with van der Waals surface area (Å²) in [4.78, 5) is 63.8. The van der Waals surface area contributed by atoms with E-state index in [0.29, 0.717) is 37.2 Å². The lowest BCUT2D eigenvalue weighted by atomic mass is 9.93. The van der Waals surface area contributed by atoms with E-state index in [2.05, 4.69) is 10.6 Å². The van der Waals surface area contributed by atoms with E-state index >= 15 is 0 Å². The van der Waals surface area contributed by atoms with Crippen molar-refractivity contribution in [3.63, 3.8) is 0 Å². The SMILES string of the molecule is COc1ccc(CN2C(=O)NC3(Cc4ccc([N+](=O)[O-])cc4C3)C2=O)cc1.Nc1ccc2c(c1)CC1(C2)C(=O)NC(=O)N1Cc1ccccc1. The van der Waals surface area contributed by atoms with Crippen LogP contribution in [0.5, 0.6) is 5.75 Å². The number of nitrogens with zero attached hydrogens (tertiary/aromatic N) is 3. The van der Waals surface area contributed by atoms with E-state index in [9.17, 15) is 29.3 Å². The second-order valence-corrected chi connectivity index (χ2v) is 13.1. The molecule has 2 spiro atoms. The number of nitro benzene ring substituents is 1. The fraction of sp³-hybridized carbons (Fsp3) is 0.243. The Morgan fingerprint density at radius 2 is 1.42 bits per heavy atom. The van der Waals surface area contributed by atoms with Gasteiger partial charge in [-0.1, -0.05) is 54.6 Å². The molecule has 13 nitrogen and oxygen atoms in total. The number of nitrogens with one attached hydrogen (secondary N) is 2. The van der Waals surface area contributed by atoms with Crippen LogP contribution in [-0.2, 0) is 48.4 Å². The molecule has 4 aliphatic rings. The molecular weight excluding hydrogens is 640 g/mol. The molecule has 2 aliphatic carbocycles. The minimum Gasteiger partial charge on any atom is -0.497 e. The normalized spacial score (nSPS) is 21.5. The molecule has 0 radical (unpaired) electrons. The Morgan fingerprint density at radius 1 is 0.780 bits per heavy atom. The van der Waals surface area contributed by atoms with Gasteiger partial charge in [-0.05, 0) is 57.6 Å². The topological polar surface area (TPSA) is 177 Å². The maximum Gasteiger partial charge on any atom is 0.325 e. The van der Waals surface area contributed by atoms with E-state index in [4.69, 9.17) is 10.5 Å². The number of methoxy groups -OCH3 is 1. The molecular formula is C37H34N6O7. The van der Waals surface area contributed by atoms with Gasteiger partial charge in [-0.25, -0.2) is 9.59 Å². The van der Waals surface area contributed by atoms with Crippen LogP contribution < -0.4 is 21.1 Å². The van der Waals surface area contributed by atoms with Crippen molar-refractivity contribution in [3.8, 4) is 5.75 Å². The Labute approximate surface area is 287 Å². The number of carbonyl (C=O) groups excluding carboxylic acids is 4. The molecule has 2 heterocycles. The molecule has 254 valence electrons. The quantitative estimate of drug-likeness (QED) is 0.119. The van der Waals surface area contributed by atoms with Gasteiger partial charge in [-0.3, -0.25) is 29.9 Å². The monoisotopic (exact) mass is 674 g/mol. The predicted octanol–water partition coefficient (Wildman–Crippen LogP) is 4.05. The van der Waals surface area contributed by atoms with Crippen LogP contribution in [0, 0.1) is 10.1 Å². The summed E-state index contributed by atoms with van der Waals surface area (Å²) < 4.78 is 5.11. The number of amides is 6. The first-order valence-electron chi connectivity index (χ1n) is 16.1. The van der Waals surface area contributed by atoms with Gasteiger partial charge in [0.05, 0.1) is 18.6 Å². The van der Waals surface area contributed by atoms with Gasteiger partial charge in [0.15, 0.2) is 0 Å². The number of nitrogens with two attached hydrogens (primary N) is 1. The van der Waals surface area contributed by atoms with Gasteiger partial charge in [0.1, 0.15) is 16.8 Å². The number of imide groups is 2. The number of benzene rings is 4. The first-order valence-corrected chi connectivity index (χ1v) is 16.1. The van der Waals surface area contributed by atoms with Crippen molar-refractivity contribution in [1.82, 2.24) is 20.4 Å². The average molecular weight is 675 g/mol. The number of hydrogen-bond acceptors (Lipinski definition) is 8. The highest BCUT2D eigenvalue weighted by molar-refractivity contribution is 6.08. The fourth-order valence-electron chi connectivity index (χ4n) is 7.36. The van der Waals surface area contributed by atoms with E-state index in [1.807, 2.05) is 48.5 Å². The van der Waals surface area contributed by atoms with E-state index in [-0.39, 0.29) is 36.5 Å². The zero-order valence-electron chi connectivity index (χ0n) is 27.2. The molecule has 6 amide bonds. The molecule has 0 saturated carbocycles. The molecule has 2 fully saturated rings. The number of nitrogen functional groups attached to an aromatic ring is 1. The van der Waals surface area contributed by atoms with E-state index in [1.54, 1.807) is 42.3 Å². The van der Waals surface area contributed by atoms with Crippen LogP contribution in [0.1, 0.15) is 33.4 Å². The first kappa shape index (κ1) is 32.3. The molecule has 8 rings (SSSR count). The number of hydrogen-bond donors (Lipinski definition) is 3. The number of non-ortho nitro benzene ring substituents is 1. The van der Waals surface area contributed by atoms with Crippen LogP contribution in [0.3, 0.4) is 0 Å². The fourth-order valence-corrected chi connectivity index (χ4v) is 7.36. The van der Waals surface area contributed by atoms with Gasteiger partial charge in [0, 0.05) is 50.0 Å². The van der Waals surface area contributed by atoms with Gasteiger partial charge < -0.3 is 20.7 Å². The third kappa shape index (κ3) is 5.66. The van der Waals surface area contributed by atoms with Crippen molar-refractivity contribution in [2.24, 2.45) is 0 Å². The zero-order chi connectivity index (χ0) is 35.2.